The minimum atomic E-state index is 0.259. The summed E-state index contributed by atoms with van der Waals surface area (Å²) < 4.78 is 7.73. The molecule has 5 aromatic rings. The van der Waals surface area contributed by atoms with Gasteiger partial charge >= 0.3 is 6.01 Å². The molecule has 0 fully saturated rings. The van der Waals surface area contributed by atoms with E-state index in [4.69, 9.17) is 21.3 Å². The SMILES string of the molecule is Cc1csc(Cc2ccc3nc(NCc4ccc(Oc5ncc(Cl)cn5)cc4)n(C)c3c2)n1. The summed E-state index contributed by atoms with van der Waals surface area (Å²) in [6, 6.07) is 14.4. The van der Waals surface area contributed by atoms with Crippen LogP contribution in [0.1, 0.15) is 21.8 Å². The number of thiazole rings is 1. The van der Waals surface area contributed by atoms with Crippen molar-refractivity contribution in [2.24, 2.45) is 7.05 Å². The first-order chi connectivity index (χ1) is 16.0. The number of fused-ring (bicyclic) bond motifs is 1. The number of halogens is 1. The minimum Gasteiger partial charge on any atom is -0.424 e. The van der Waals surface area contributed by atoms with Crippen LogP contribution in [0.5, 0.6) is 11.8 Å². The summed E-state index contributed by atoms with van der Waals surface area (Å²) in [5.41, 5.74) is 5.46. The summed E-state index contributed by atoms with van der Waals surface area (Å²) >= 11 is 7.50. The Labute approximate surface area is 200 Å². The first kappa shape index (κ1) is 21.4. The molecule has 9 heteroatoms. The van der Waals surface area contributed by atoms with Crippen LogP contribution in [0, 0.1) is 6.92 Å². The molecule has 3 aromatic heterocycles. The first-order valence-electron chi connectivity index (χ1n) is 10.4. The molecular weight excluding hydrogens is 456 g/mol. The van der Waals surface area contributed by atoms with Crippen LogP contribution in [0.2, 0.25) is 5.02 Å². The standard InChI is InChI=1S/C24H21ClN6OS/c1-15-14-33-22(29-15)10-17-5-8-20-21(9-17)31(2)23(30-20)26-11-16-3-6-19(7-4-16)32-24-27-12-18(25)13-28-24/h3-9,12-14H,10-11H2,1-2H3,(H,26,30). The number of ether oxygens (including phenoxy) is 1. The number of hydrogen-bond acceptors (Lipinski definition) is 7. The molecule has 3 heterocycles. The number of imidazole rings is 1. The van der Waals surface area contributed by atoms with Crippen LogP contribution in [0.4, 0.5) is 5.95 Å². The largest absolute Gasteiger partial charge is 0.424 e. The van der Waals surface area contributed by atoms with E-state index in [-0.39, 0.29) is 6.01 Å². The smallest absolute Gasteiger partial charge is 0.321 e. The average Bonchev–Trinajstić information content (AvgIpc) is 3.37. The Morgan fingerprint density at radius 1 is 1.03 bits per heavy atom. The van der Waals surface area contributed by atoms with E-state index in [9.17, 15) is 0 Å². The molecule has 33 heavy (non-hydrogen) atoms. The van der Waals surface area contributed by atoms with Crippen LogP contribution in [-0.2, 0) is 20.0 Å². The quantitative estimate of drug-likeness (QED) is 0.321. The average molecular weight is 477 g/mol. The Bertz CT molecular complexity index is 1400. The molecule has 166 valence electrons. The van der Waals surface area contributed by atoms with Gasteiger partial charge in [-0.05, 0) is 42.3 Å². The van der Waals surface area contributed by atoms with Crippen molar-refractivity contribution >= 4 is 39.9 Å². The van der Waals surface area contributed by atoms with E-state index in [2.05, 4.69) is 48.4 Å². The van der Waals surface area contributed by atoms with Gasteiger partial charge in [0.15, 0.2) is 0 Å². The molecule has 0 radical (unpaired) electrons. The lowest BCUT2D eigenvalue weighted by Gasteiger charge is -2.08. The van der Waals surface area contributed by atoms with Gasteiger partial charge in [-0.25, -0.2) is 19.9 Å². The molecule has 0 aliphatic heterocycles. The Morgan fingerprint density at radius 2 is 1.79 bits per heavy atom. The van der Waals surface area contributed by atoms with Gasteiger partial charge in [0.25, 0.3) is 0 Å². The Kier molecular flexibility index (Phi) is 5.93. The summed E-state index contributed by atoms with van der Waals surface area (Å²) in [6.45, 7) is 2.66. The zero-order valence-corrected chi connectivity index (χ0v) is 19.7. The summed E-state index contributed by atoms with van der Waals surface area (Å²) in [6.07, 6.45) is 3.84. The monoisotopic (exact) mass is 476 g/mol. The molecule has 0 unspecified atom stereocenters. The van der Waals surface area contributed by atoms with Crippen molar-refractivity contribution in [3.63, 3.8) is 0 Å². The van der Waals surface area contributed by atoms with Crippen LogP contribution in [0.15, 0.2) is 60.2 Å². The van der Waals surface area contributed by atoms with Gasteiger partial charge in [-0.1, -0.05) is 29.8 Å². The summed E-state index contributed by atoms with van der Waals surface area (Å²) in [4.78, 5) is 17.4. The van der Waals surface area contributed by atoms with Crippen molar-refractivity contribution in [1.29, 1.82) is 0 Å². The Morgan fingerprint density at radius 3 is 2.52 bits per heavy atom. The van der Waals surface area contributed by atoms with E-state index < -0.39 is 0 Å². The predicted molar refractivity (Wildman–Crippen MR) is 131 cm³/mol. The van der Waals surface area contributed by atoms with Crippen molar-refractivity contribution in [2.45, 2.75) is 19.9 Å². The maximum Gasteiger partial charge on any atom is 0.321 e. The lowest BCUT2D eigenvalue weighted by molar-refractivity contribution is 0.441. The number of hydrogen-bond donors (Lipinski definition) is 1. The molecule has 0 atom stereocenters. The van der Waals surface area contributed by atoms with Crippen LogP contribution < -0.4 is 10.1 Å². The van der Waals surface area contributed by atoms with Crippen LogP contribution in [-0.4, -0.2) is 24.5 Å². The van der Waals surface area contributed by atoms with Crippen LogP contribution in [0.3, 0.4) is 0 Å². The fraction of sp³-hybridized carbons (Fsp3) is 0.167. The molecule has 0 saturated carbocycles. The van der Waals surface area contributed by atoms with E-state index in [1.165, 1.54) is 18.0 Å². The number of aryl methyl sites for hydroxylation is 2. The topological polar surface area (TPSA) is 77.8 Å². The molecular formula is C24H21ClN6OS. The zero-order chi connectivity index (χ0) is 22.8. The highest BCUT2D eigenvalue weighted by Crippen LogP contribution is 2.23. The van der Waals surface area contributed by atoms with Gasteiger partial charge in [-0.3, -0.25) is 0 Å². The highest BCUT2D eigenvalue weighted by Gasteiger charge is 2.10. The van der Waals surface area contributed by atoms with Crippen molar-refractivity contribution in [3.8, 4) is 11.8 Å². The third-order valence-electron chi connectivity index (χ3n) is 5.15. The second-order valence-electron chi connectivity index (χ2n) is 7.66. The van der Waals surface area contributed by atoms with Crippen molar-refractivity contribution in [1.82, 2.24) is 24.5 Å². The van der Waals surface area contributed by atoms with Gasteiger partial charge in [0.1, 0.15) is 5.75 Å². The highest BCUT2D eigenvalue weighted by atomic mass is 35.5. The van der Waals surface area contributed by atoms with Gasteiger partial charge in [-0.2, -0.15) is 0 Å². The van der Waals surface area contributed by atoms with Crippen molar-refractivity contribution in [2.75, 3.05) is 5.32 Å². The second-order valence-corrected chi connectivity index (χ2v) is 9.04. The summed E-state index contributed by atoms with van der Waals surface area (Å²) in [7, 11) is 2.03. The van der Waals surface area contributed by atoms with Gasteiger partial charge in [0.2, 0.25) is 5.95 Å². The first-order valence-corrected chi connectivity index (χ1v) is 11.6. The lowest BCUT2D eigenvalue weighted by Crippen LogP contribution is -2.05. The number of nitrogens with zero attached hydrogens (tertiary/aromatic N) is 5. The molecule has 0 saturated heterocycles. The Balaban J connectivity index is 1.25. The minimum absolute atomic E-state index is 0.259. The van der Waals surface area contributed by atoms with Crippen molar-refractivity contribution in [3.05, 3.63) is 87.1 Å². The molecule has 7 nitrogen and oxygen atoms in total. The predicted octanol–water partition coefficient (Wildman–Crippen LogP) is 5.78. The molecule has 0 aliphatic carbocycles. The fourth-order valence-electron chi connectivity index (χ4n) is 3.48. The number of nitrogens with one attached hydrogen (secondary N) is 1. The number of anilines is 1. The van der Waals surface area contributed by atoms with Gasteiger partial charge in [0.05, 0.1) is 33.5 Å². The molecule has 0 amide bonds. The second kappa shape index (κ2) is 9.17. The number of aromatic nitrogens is 5. The summed E-state index contributed by atoms with van der Waals surface area (Å²) in [5, 5.41) is 7.11. The third kappa shape index (κ3) is 4.97. The fourth-order valence-corrected chi connectivity index (χ4v) is 4.38. The normalized spacial score (nSPS) is 11.1. The third-order valence-corrected chi connectivity index (χ3v) is 6.31. The van der Waals surface area contributed by atoms with E-state index >= 15 is 0 Å². The number of rotatable bonds is 7. The van der Waals surface area contributed by atoms with Crippen LogP contribution in [0.25, 0.3) is 11.0 Å². The van der Waals surface area contributed by atoms with Crippen LogP contribution >= 0.6 is 22.9 Å². The molecule has 5 rings (SSSR count). The molecule has 1 N–H and O–H groups in total. The van der Waals surface area contributed by atoms with E-state index in [1.54, 1.807) is 11.3 Å². The van der Waals surface area contributed by atoms with Crippen molar-refractivity contribution < 1.29 is 4.74 Å². The van der Waals surface area contributed by atoms with Gasteiger partial charge < -0.3 is 14.6 Å². The van der Waals surface area contributed by atoms with Gasteiger partial charge in [-0.15, -0.1) is 11.3 Å². The number of benzene rings is 2. The zero-order valence-electron chi connectivity index (χ0n) is 18.1. The molecule has 0 aliphatic rings. The molecule has 0 spiro atoms. The maximum atomic E-state index is 5.80. The molecule has 2 aromatic carbocycles. The maximum absolute atomic E-state index is 5.80. The summed E-state index contributed by atoms with van der Waals surface area (Å²) in [5.74, 6) is 1.48. The highest BCUT2D eigenvalue weighted by molar-refractivity contribution is 7.09. The van der Waals surface area contributed by atoms with E-state index in [0.29, 0.717) is 17.3 Å². The van der Waals surface area contributed by atoms with Gasteiger partial charge in [0, 0.05) is 31.1 Å². The van der Waals surface area contributed by atoms with E-state index in [0.717, 1.165) is 39.7 Å². The molecule has 0 bridgehead atoms. The lowest BCUT2D eigenvalue weighted by atomic mass is 10.1. The van der Waals surface area contributed by atoms with E-state index in [1.807, 2.05) is 38.2 Å². The Hall–Kier alpha value is -3.49.